The molecule has 0 spiro atoms. The van der Waals surface area contributed by atoms with Crippen LogP contribution < -0.4 is 0 Å². The number of nitro groups is 1. The lowest BCUT2D eigenvalue weighted by Crippen LogP contribution is -1.98. The van der Waals surface area contributed by atoms with E-state index in [9.17, 15) is 10.1 Å². The van der Waals surface area contributed by atoms with E-state index in [1.54, 1.807) is 6.07 Å². The maximum Gasteiger partial charge on any atom is 0.351 e. The average Bonchev–Trinajstić information content (AvgIpc) is 2.49. The second kappa shape index (κ2) is 2.22. The van der Waals surface area contributed by atoms with Crippen LogP contribution in [0.5, 0.6) is 0 Å². The van der Waals surface area contributed by atoms with E-state index in [0.29, 0.717) is 5.65 Å². The Bertz CT molecular complexity index is 436. The number of tetrazole rings is 1. The molecule has 12 heavy (non-hydrogen) atoms. The summed E-state index contributed by atoms with van der Waals surface area (Å²) < 4.78 is 1.07. The summed E-state index contributed by atoms with van der Waals surface area (Å²) >= 11 is 0. The molecule has 0 saturated carbocycles. The summed E-state index contributed by atoms with van der Waals surface area (Å²) in [5, 5.41) is 20.7. The summed E-state index contributed by atoms with van der Waals surface area (Å²) in [5.41, 5.74) is 0.365. The van der Waals surface area contributed by atoms with Crippen molar-refractivity contribution in [2.45, 2.75) is 0 Å². The van der Waals surface area contributed by atoms with Crippen LogP contribution in [0.25, 0.3) is 5.65 Å². The Morgan fingerprint density at radius 1 is 1.50 bits per heavy atom. The molecule has 2 heterocycles. The summed E-state index contributed by atoms with van der Waals surface area (Å²) in [6.45, 7) is 0. The van der Waals surface area contributed by atoms with Crippen LogP contribution in [0.1, 0.15) is 0 Å². The Balaban J connectivity index is 2.82. The monoisotopic (exact) mass is 165 g/mol. The van der Waals surface area contributed by atoms with E-state index < -0.39 is 4.92 Å². The summed E-state index contributed by atoms with van der Waals surface area (Å²) in [7, 11) is 0. The molecule has 0 atom stereocenters. The predicted octanol–water partition coefficient (Wildman–Crippen LogP) is 0.0325. The molecule has 0 N–H and O–H groups in total. The summed E-state index contributed by atoms with van der Waals surface area (Å²) in [6.07, 6.45) is 0. The number of rotatable bonds is 1. The SMILES string of the molecule is O=[N+]([O-])c1cccc2nnnn12. The number of hydrogen-bond donors (Lipinski definition) is 0. The van der Waals surface area contributed by atoms with Gasteiger partial charge in [0.05, 0.1) is 5.21 Å². The highest BCUT2D eigenvalue weighted by atomic mass is 16.6. The van der Waals surface area contributed by atoms with E-state index in [4.69, 9.17) is 0 Å². The molecule has 0 radical (unpaired) electrons. The molecule has 7 nitrogen and oxygen atoms in total. The van der Waals surface area contributed by atoms with Gasteiger partial charge in [0.15, 0.2) is 0 Å². The fourth-order valence-electron chi connectivity index (χ4n) is 0.890. The van der Waals surface area contributed by atoms with Crippen LogP contribution in [-0.4, -0.2) is 25.0 Å². The average molecular weight is 165 g/mol. The Labute approximate surface area is 65.8 Å². The third kappa shape index (κ3) is 0.797. The van der Waals surface area contributed by atoms with Crippen molar-refractivity contribution >= 4 is 11.5 Å². The van der Waals surface area contributed by atoms with Gasteiger partial charge < -0.3 is 10.1 Å². The van der Waals surface area contributed by atoms with Gasteiger partial charge in [-0.3, -0.25) is 0 Å². The zero-order chi connectivity index (χ0) is 8.55. The zero-order valence-corrected chi connectivity index (χ0v) is 5.78. The fraction of sp³-hybridized carbons (Fsp3) is 0. The molecule has 0 aliphatic heterocycles. The number of pyridine rings is 1. The largest absolute Gasteiger partial charge is 0.358 e. The number of fused-ring (bicyclic) bond motifs is 1. The van der Waals surface area contributed by atoms with Crippen LogP contribution in [0.4, 0.5) is 5.82 Å². The van der Waals surface area contributed by atoms with Gasteiger partial charge in [0, 0.05) is 12.1 Å². The smallest absolute Gasteiger partial charge is 0.351 e. The van der Waals surface area contributed by atoms with Crippen LogP contribution in [0, 0.1) is 10.1 Å². The summed E-state index contributed by atoms with van der Waals surface area (Å²) in [5.74, 6) is -0.141. The predicted molar refractivity (Wildman–Crippen MR) is 37.4 cm³/mol. The lowest BCUT2D eigenvalue weighted by Gasteiger charge is -1.92. The highest BCUT2D eigenvalue weighted by Crippen LogP contribution is 2.09. The van der Waals surface area contributed by atoms with Crippen molar-refractivity contribution < 1.29 is 4.92 Å². The van der Waals surface area contributed by atoms with Crippen LogP contribution in [0.2, 0.25) is 0 Å². The quantitative estimate of drug-likeness (QED) is 0.439. The third-order valence-corrected chi connectivity index (χ3v) is 1.39. The highest BCUT2D eigenvalue weighted by molar-refractivity contribution is 5.40. The molecule has 0 aromatic carbocycles. The second-order valence-corrected chi connectivity index (χ2v) is 2.09. The summed E-state index contributed by atoms with van der Waals surface area (Å²) in [6, 6.07) is 4.46. The Hall–Kier alpha value is -2.05. The molecule has 7 heteroatoms. The van der Waals surface area contributed by atoms with Gasteiger partial charge in [-0.15, -0.1) is 0 Å². The van der Waals surface area contributed by atoms with Gasteiger partial charge in [-0.25, -0.2) is 0 Å². The van der Waals surface area contributed by atoms with E-state index in [-0.39, 0.29) is 5.82 Å². The lowest BCUT2D eigenvalue weighted by molar-refractivity contribution is -0.391. The van der Waals surface area contributed by atoms with Crippen LogP contribution in [0.15, 0.2) is 18.2 Å². The van der Waals surface area contributed by atoms with Crippen molar-refractivity contribution in [1.82, 2.24) is 20.0 Å². The molecular weight excluding hydrogens is 162 g/mol. The molecule has 0 fully saturated rings. The van der Waals surface area contributed by atoms with Crippen LogP contribution >= 0.6 is 0 Å². The molecule has 0 aliphatic rings. The number of aromatic nitrogens is 4. The first kappa shape index (κ1) is 6.65. The van der Waals surface area contributed by atoms with Gasteiger partial charge in [-0.05, 0) is 16.2 Å². The molecule has 2 rings (SSSR count). The fourth-order valence-corrected chi connectivity index (χ4v) is 0.890. The molecule has 0 amide bonds. The lowest BCUT2D eigenvalue weighted by atomic mass is 10.4. The van der Waals surface area contributed by atoms with Gasteiger partial charge in [-0.1, -0.05) is 9.61 Å². The van der Waals surface area contributed by atoms with Crippen molar-refractivity contribution in [2.24, 2.45) is 0 Å². The maximum atomic E-state index is 10.4. The normalized spacial score (nSPS) is 10.3. The topological polar surface area (TPSA) is 86.2 Å². The van der Waals surface area contributed by atoms with Crippen molar-refractivity contribution in [1.29, 1.82) is 0 Å². The molecule has 0 unspecified atom stereocenters. The molecule has 60 valence electrons. The van der Waals surface area contributed by atoms with E-state index in [0.717, 1.165) is 4.52 Å². The molecule has 2 aromatic rings. The molecule has 0 saturated heterocycles. The molecule has 2 aromatic heterocycles. The highest BCUT2D eigenvalue weighted by Gasteiger charge is 2.12. The minimum absolute atomic E-state index is 0.141. The van der Waals surface area contributed by atoms with Gasteiger partial charge in [0.1, 0.15) is 0 Å². The van der Waals surface area contributed by atoms with Crippen LogP contribution in [0.3, 0.4) is 0 Å². The van der Waals surface area contributed by atoms with E-state index in [1.165, 1.54) is 12.1 Å². The zero-order valence-electron chi connectivity index (χ0n) is 5.78. The van der Waals surface area contributed by atoms with Gasteiger partial charge in [0.2, 0.25) is 0 Å². The minimum Gasteiger partial charge on any atom is -0.358 e. The van der Waals surface area contributed by atoms with Gasteiger partial charge in [0.25, 0.3) is 5.65 Å². The van der Waals surface area contributed by atoms with Gasteiger partial charge >= 0.3 is 5.82 Å². The van der Waals surface area contributed by atoms with E-state index in [1.807, 2.05) is 0 Å². The first-order valence-corrected chi connectivity index (χ1v) is 3.10. The molecule has 0 bridgehead atoms. The first-order valence-electron chi connectivity index (χ1n) is 3.10. The van der Waals surface area contributed by atoms with Crippen molar-refractivity contribution in [3.8, 4) is 0 Å². The first-order chi connectivity index (χ1) is 5.79. The number of hydrogen-bond acceptors (Lipinski definition) is 5. The minimum atomic E-state index is -0.538. The van der Waals surface area contributed by atoms with Crippen molar-refractivity contribution in [3.63, 3.8) is 0 Å². The Morgan fingerprint density at radius 2 is 2.33 bits per heavy atom. The Kier molecular flexibility index (Phi) is 1.23. The summed E-state index contributed by atoms with van der Waals surface area (Å²) in [4.78, 5) is 9.86. The van der Waals surface area contributed by atoms with Crippen LogP contribution in [-0.2, 0) is 0 Å². The van der Waals surface area contributed by atoms with E-state index >= 15 is 0 Å². The molecular formula is C5H3N5O2. The van der Waals surface area contributed by atoms with Crippen molar-refractivity contribution in [3.05, 3.63) is 28.3 Å². The second-order valence-electron chi connectivity index (χ2n) is 2.09. The third-order valence-electron chi connectivity index (χ3n) is 1.39. The maximum absolute atomic E-state index is 10.4. The molecule has 0 aliphatic carbocycles. The standard InChI is InChI=1S/C5H3N5O2/c11-10(12)5-3-1-2-4-6-7-8-9(4)5/h1-3H. The number of nitrogens with zero attached hydrogens (tertiary/aromatic N) is 5. The van der Waals surface area contributed by atoms with Crippen molar-refractivity contribution in [2.75, 3.05) is 0 Å². The van der Waals surface area contributed by atoms with E-state index in [2.05, 4.69) is 15.5 Å². The van der Waals surface area contributed by atoms with Gasteiger partial charge in [-0.2, -0.15) is 0 Å². The Morgan fingerprint density at radius 3 is 3.08 bits per heavy atom.